The minimum Gasteiger partial charge on any atom is -0.281 e. The zero-order chi connectivity index (χ0) is 6.57. The lowest BCUT2D eigenvalue weighted by Gasteiger charge is -2.18. The second-order valence-electron chi connectivity index (χ2n) is 2.30. The van der Waals surface area contributed by atoms with E-state index in [4.69, 9.17) is 0 Å². The summed E-state index contributed by atoms with van der Waals surface area (Å²) in [6, 6.07) is 0.658. The van der Waals surface area contributed by atoms with Crippen molar-refractivity contribution in [1.29, 1.82) is 0 Å². The summed E-state index contributed by atoms with van der Waals surface area (Å²) in [4.78, 5) is 0. The molecular weight excluding hydrogens is 118 g/mol. The van der Waals surface area contributed by atoms with Crippen molar-refractivity contribution in [1.82, 2.24) is 4.72 Å². The Labute approximate surface area is 55.3 Å². The first-order valence-electron chi connectivity index (χ1n) is 3.14. The summed E-state index contributed by atoms with van der Waals surface area (Å²) in [6.07, 6.45) is 2.27. The maximum atomic E-state index is 3.46. The lowest BCUT2D eigenvalue weighted by atomic mass is 10.4. The molecule has 0 fully saturated rings. The van der Waals surface area contributed by atoms with E-state index < -0.39 is 0 Å². The highest BCUT2D eigenvalue weighted by Gasteiger charge is 1.93. The van der Waals surface area contributed by atoms with Gasteiger partial charge < -0.3 is 0 Å². The molecule has 0 spiro atoms. The molecule has 0 rings (SSSR count). The third-order valence-electron chi connectivity index (χ3n) is 0.953. The van der Waals surface area contributed by atoms with Crippen LogP contribution < -0.4 is 4.72 Å². The molecule has 0 aliphatic carbocycles. The molecule has 0 aromatic carbocycles. The zero-order valence-corrected chi connectivity index (χ0v) is 7.13. The Balaban J connectivity index is 3.10. The van der Waals surface area contributed by atoms with Crippen LogP contribution in [0.15, 0.2) is 0 Å². The molecule has 1 nitrogen and oxygen atoms in total. The van der Waals surface area contributed by atoms with Gasteiger partial charge in [-0.05, 0) is 25.9 Å². The van der Waals surface area contributed by atoms with Gasteiger partial charge >= 0.3 is 0 Å². The van der Waals surface area contributed by atoms with Crippen molar-refractivity contribution < 1.29 is 0 Å². The fourth-order valence-electron chi connectivity index (χ4n) is 0.532. The van der Waals surface area contributed by atoms with Crippen molar-refractivity contribution >= 4 is 11.1 Å². The molecule has 0 aromatic heterocycles. The molecule has 2 heteroatoms. The standard InChI is InChI=1S/C6H17NS/c1-5-8(4)7-6(2)3/h6-8H,5H2,1-4H3. The molecule has 0 radical (unpaired) electrons. The van der Waals surface area contributed by atoms with Gasteiger partial charge in [0.15, 0.2) is 0 Å². The van der Waals surface area contributed by atoms with Crippen LogP contribution in [-0.4, -0.2) is 18.1 Å². The quantitative estimate of drug-likeness (QED) is 0.560. The lowest BCUT2D eigenvalue weighted by molar-refractivity contribution is 0.767. The monoisotopic (exact) mass is 135 g/mol. The van der Waals surface area contributed by atoms with E-state index in [0.717, 1.165) is 0 Å². The Morgan fingerprint density at radius 2 is 2.00 bits per heavy atom. The second-order valence-corrected chi connectivity index (χ2v) is 4.58. The third kappa shape index (κ3) is 4.47. The topological polar surface area (TPSA) is 12.0 Å². The zero-order valence-electron chi connectivity index (χ0n) is 6.23. The molecule has 8 heavy (non-hydrogen) atoms. The molecule has 0 bridgehead atoms. The minimum absolute atomic E-state index is 0.132. The summed E-state index contributed by atoms with van der Waals surface area (Å²) >= 11 is 0.132. The minimum atomic E-state index is 0.132. The van der Waals surface area contributed by atoms with Crippen molar-refractivity contribution in [2.45, 2.75) is 26.8 Å². The largest absolute Gasteiger partial charge is 0.281 e. The Hall–Kier alpha value is 0.310. The molecule has 1 N–H and O–H groups in total. The Bertz CT molecular complexity index is 54.5. The number of rotatable bonds is 3. The predicted octanol–water partition coefficient (Wildman–Crippen LogP) is 1.55. The van der Waals surface area contributed by atoms with Gasteiger partial charge in [0, 0.05) is 6.04 Å². The second kappa shape index (κ2) is 4.21. The summed E-state index contributed by atoms with van der Waals surface area (Å²) in [5.74, 6) is 1.29. The summed E-state index contributed by atoms with van der Waals surface area (Å²) in [5, 5.41) is 0. The van der Waals surface area contributed by atoms with Gasteiger partial charge in [-0.25, -0.2) is 11.1 Å². The number of hydrogen-bond acceptors (Lipinski definition) is 1. The van der Waals surface area contributed by atoms with Gasteiger partial charge in [-0.3, -0.25) is 4.72 Å². The molecule has 0 saturated heterocycles. The molecule has 0 saturated carbocycles. The molecule has 0 aromatic rings. The van der Waals surface area contributed by atoms with E-state index in [-0.39, 0.29) is 11.1 Å². The fourth-order valence-corrected chi connectivity index (χ4v) is 1.60. The van der Waals surface area contributed by atoms with Crippen molar-refractivity contribution in [3.63, 3.8) is 0 Å². The van der Waals surface area contributed by atoms with Gasteiger partial charge in [0.05, 0.1) is 0 Å². The van der Waals surface area contributed by atoms with E-state index in [1.54, 1.807) is 0 Å². The molecule has 0 heterocycles. The number of thiol groups is 1. The normalized spacial score (nSPS) is 16.9. The van der Waals surface area contributed by atoms with Crippen LogP contribution in [0.2, 0.25) is 0 Å². The summed E-state index contributed by atoms with van der Waals surface area (Å²) in [7, 11) is 0. The average Bonchev–Trinajstić information content (AvgIpc) is 1.65. The highest BCUT2D eigenvalue weighted by atomic mass is 32.2. The van der Waals surface area contributed by atoms with E-state index in [2.05, 4.69) is 31.7 Å². The Morgan fingerprint density at radius 1 is 1.50 bits per heavy atom. The third-order valence-corrected chi connectivity index (χ3v) is 2.86. The maximum absolute atomic E-state index is 3.46. The van der Waals surface area contributed by atoms with Gasteiger partial charge in [-0.15, -0.1) is 0 Å². The highest BCUT2D eigenvalue weighted by molar-refractivity contribution is 8.14. The van der Waals surface area contributed by atoms with Crippen LogP contribution in [0.5, 0.6) is 0 Å². The van der Waals surface area contributed by atoms with E-state index >= 15 is 0 Å². The maximum Gasteiger partial charge on any atom is 0.00974 e. The van der Waals surface area contributed by atoms with Crippen LogP contribution in [0.4, 0.5) is 0 Å². The molecule has 1 unspecified atom stereocenters. The van der Waals surface area contributed by atoms with Crippen molar-refractivity contribution in [2.75, 3.05) is 12.0 Å². The molecule has 0 amide bonds. The van der Waals surface area contributed by atoms with Crippen LogP contribution in [0.1, 0.15) is 20.8 Å². The number of hydrogen-bond donors (Lipinski definition) is 2. The molecule has 0 aliphatic rings. The van der Waals surface area contributed by atoms with E-state index in [1.165, 1.54) is 5.75 Å². The Kier molecular flexibility index (Phi) is 4.38. The summed E-state index contributed by atoms with van der Waals surface area (Å²) in [5.41, 5.74) is 0. The van der Waals surface area contributed by atoms with Gasteiger partial charge in [0.25, 0.3) is 0 Å². The van der Waals surface area contributed by atoms with E-state index in [9.17, 15) is 0 Å². The first-order chi connectivity index (χ1) is 3.66. The van der Waals surface area contributed by atoms with E-state index in [1.807, 2.05) is 0 Å². The van der Waals surface area contributed by atoms with Crippen molar-refractivity contribution in [3.8, 4) is 0 Å². The first kappa shape index (κ1) is 8.31. The molecule has 1 atom stereocenters. The van der Waals surface area contributed by atoms with Gasteiger partial charge in [-0.2, -0.15) is 0 Å². The van der Waals surface area contributed by atoms with Crippen molar-refractivity contribution in [3.05, 3.63) is 0 Å². The smallest absolute Gasteiger partial charge is 0.00974 e. The Morgan fingerprint density at radius 3 is 2.12 bits per heavy atom. The van der Waals surface area contributed by atoms with Gasteiger partial charge in [-0.1, -0.05) is 6.92 Å². The van der Waals surface area contributed by atoms with E-state index in [0.29, 0.717) is 6.04 Å². The highest BCUT2D eigenvalue weighted by Crippen LogP contribution is 2.12. The first-order valence-corrected chi connectivity index (χ1v) is 5.11. The van der Waals surface area contributed by atoms with Crippen LogP contribution in [0.3, 0.4) is 0 Å². The number of nitrogens with one attached hydrogen (secondary N) is 1. The van der Waals surface area contributed by atoms with Crippen LogP contribution in [-0.2, 0) is 0 Å². The van der Waals surface area contributed by atoms with Gasteiger partial charge in [0.1, 0.15) is 0 Å². The van der Waals surface area contributed by atoms with Gasteiger partial charge in [0.2, 0.25) is 0 Å². The molecule has 52 valence electrons. The summed E-state index contributed by atoms with van der Waals surface area (Å²) in [6.45, 7) is 6.60. The van der Waals surface area contributed by atoms with Crippen LogP contribution in [0.25, 0.3) is 0 Å². The average molecular weight is 135 g/mol. The fraction of sp³-hybridized carbons (Fsp3) is 1.00. The molecular formula is C6H17NS. The van der Waals surface area contributed by atoms with Crippen LogP contribution in [0, 0.1) is 0 Å². The SMILES string of the molecule is CC[SH](C)NC(C)C. The van der Waals surface area contributed by atoms with Crippen LogP contribution >= 0.6 is 11.1 Å². The predicted molar refractivity (Wildman–Crippen MR) is 43.7 cm³/mol. The summed E-state index contributed by atoms with van der Waals surface area (Å²) < 4.78 is 3.46. The van der Waals surface area contributed by atoms with Crippen molar-refractivity contribution in [2.24, 2.45) is 0 Å². The molecule has 0 aliphatic heterocycles. The lowest BCUT2D eigenvalue weighted by Crippen LogP contribution is -2.19.